The molecule has 0 radical (unpaired) electrons. The van der Waals surface area contributed by atoms with E-state index in [1.54, 1.807) is 0 Å². The van der Waals surface area contributed by atoms with Crippen molar-refractivity contribution in [2.75, 3.05) is 18.6 Å². The summed E-state index contributed by atoms with van der Waals surface area (Å²) in [6, 6.07) is 2.65. The number of hydrogen-bond donors (Lipinski definition) is 0. The molecule has 0 atom stereocenters. The van der Waals surface area contributed by atoms with Crippen LogP contribution in [0.5, 0.6) is 0 Å². The lowest BCUT2D eigenvalue weighted by atomic mass is 9.73. The van der Waals surface area contributed by atoms with E-state index in [0.717, 1.165) is 35.7 Å². The highest BCUT2D eigenvalue weighted by Crippen LogP contribution is 2.45. The van der Waals surface area contributed by atoms with Gasteiger partial charge in [0.15, 0.2) is 0 Å². The van der Waals surface area contributed by atoms with E-state index in [9.17, 15) is 8.42 Å². The second-order valence-electron chi connectivity index (χ2n) is 9.82. The number of aryl methyl sites for hydroxylation is 1. The topological polar surface area (TPSA) is 63.2 Å². The first-order chi connectivity index (χ1) is 13.6. The van der Waals surface area contributed by atoms with Gasteiger partial charge in [0.05, 0.1) is 17.2 Å². The minimum Gasteiger partial charge on any atom is -0.298 e. The van der Waals surface area contributed by atoms with E-state index in [1.807, 2.05) is 18.3 Å². The van der Waals surface area contributed by atoms with Crippen molar-refractivity contribution in [1.82, 2.24) is 14.9 Å². The van der Waals surface area contributed by atoms with Gasteiger partial charge < -0.3 is 0 Å². The number of aromatic nitrogens is 2. The molecule has 0 unspecified atom stereocenters. The molecule has 3 heterocycles. The van der Waals surface area contributed by atoms with Gasteiger partial charge in [0.1, 0.15) is 20.5 Å². The summed E-state index contributed by atoms with van der Waals surface area (Å²) in [5, 5.41) is 1.19. The van der Waals surface area contributed by atoms with E-state index in [1.165, 1.54) is 35.9 Å². The van der Waals surface area contributed by atoms with Crippen LogP contribution in [0, 0.1) is 12.3 Å². The van der Waals surface area contributed by atoms with Gasteiger partial charge in [0.2, 0.25) is 0 Å². The molecular weight excluding hydrogens is 438 g/mol. The summed E-state index contributed by atoms with van der Waals surface area (Å²) in [5.74, 6) is 2.09. The maximum Gasteiger partial charge on any atom is 0.150 e. The number of fused-ring (bicyclic) bond motifs is 1. The second-order valence-corrected chi connectivity index (χ2v) is 13.2. The summed E-state index contributed by atoms with van der Waals surface area (Å²) in [5.41, 5.74) is 1.56. The molecule has 8 heteroatoms. The molecule has 2 fully saturated rings. The van der Waals surface area contributed by atoms with Crippen LogP contribution in [0.3, 0.4) is 0 Å². The SMILES string of the molecule is Cc1nc(CN(C)C2CCS(=O)(=O)CC2)c2cc(C3CCC(C)(C)CC3)sc2n1.Cl. The van der Waals surface area contributed by atoms with Crippen molar-refractivity contribution in [1.29, 1.82) is 0 Å². The Morgan fingerprint density at radius 1 is 1.13 bits per heavy atom. The summed E-state index contributed by atoms with van der Waals surface area (Å²) >= 11 is 1.85. The third kappa shape index (κ3) is 5.34. The zero-order valence-corrected chi connectivity index (χ0v) is 20.9. The Labute approximate surface area is 191 Å². The Hall–Kier alpha value is -0.760. The molecule has 0 N–H and O–H groups in total. The van der Waals surface area contributed by atoms with Crippen LogP contribution in [-0.2, 0) is 16.4 Å². The normalized spacial score (nSPS) is 22.3. The highest BCUT2D eigenvalue weighted by Gasteiger charge is 2.30. The first-order valence-electron chi connectivity index (χ1n) is 10.8. The van der Waals surface area contributed by atoms with Gasteiger partial charge in [-0.3, -0.25) is 4.90 Å². The maximum atomic E-state index is 11.8. The van der Waals surface area contributed by atoms with Crippen molar-refractivity contribution in [3.8, 4) is 0 Å². The fraction of sp³-hybridized carbons (Fsp3) is 0.727. The molecule has 2 aliphatic rings. The Morgan fingerprint density at radius 2 is 1.77 bits per heavy atom. The number of thiophene rings is 1. The summed E-state index contributed by atoms with van der Waals surface area (Å²) < 4.78 is 23.5. The first-order valence-corrected chi connectivity index (χ1v) is 13.4. The molecule has 1 aliphatic heterocycles. The molecule has 2 aromatic rings. The number of nitrogens with zero attached hydrogens (tertiary/aromatic N) is 3. The predicted octanol–water partition coefficient (Wildman–Crippen LogP) is 5.11. The molecule has 30 heavy (non-hydrogen) atoms. The Morgan fingerprint density at radius 3 is 2.40 bits per heavy atom. The summed E-state index contributed by atoms with van der Waals surface area (Å²) in [4.78, 5) is 14.4. The Bertz CT molecular complexity index is 979. The average Bonchev–Trinajstić information content (AvgIpc) is 3.05. The third-order valence-electron chi connectivity index (χ3n) is 6.89. The van der Waals surface area contributed by atoms with E-state index >= 15 is 0 Å². The van der Waals surface area contributed by atoms with Crippen molar-refractivity contribution in [3.05, 3.63) is 22.5 Å². The molecule has 4 rings (SSSR count). The zero-order valence-electron chi connectivity index (χ0n) is 18.5. The van der Waals surface area contributed by atoms with Crippen molar-refractivity contribution >= 4 is 43.8 Å². The van der Waals surface area contributed by atoms with Crippen molar-refractivity contribution < 1.29 is 8.42 Å². The van der Waals surface area contributed by atoms with Crippen LogP contribution in [0.15, 0.2) is 6.07 Å². The van der Waals surface area contributed by atoms with Gasteiger partial charge in [-0.2, -0.15) is 0 Å². The Balaban J connectivity index is 0.00000256. The second kappa shape index (κ2) is 9.00. The van der Waals surface area contributed by atoms with Crippen molar-refractivity contribution in [3.63, 3.8) is 0 Å². The molecule has 2 aromatic heterocycles. The molecular formula is C22H34ClN3O2S2. The van der Waals surface area contributed by atoms with E-state index < -0.39 is 9.84 Å². The van der Waals surface area contributed by atoms with Crippen LogP contribution in [0.1, 0.15) is 74.7 Å². The zero-order chi connectivity index (χ0) is 20.8. The monoisotopic (exact) mass is 471 g/mol. The van der Waals surface area contributed by atoms with E-state index in [4.69, 9.17) is 9.97 Å². The van der Waals surface area contributed by atoms with Crippen molar-refractivity contribution in [2.24, 2.45) is 5.41 Å². The van der Waals surface area contributed by atoms with Crippen molar-refractivity contribution in [2.45, 2.75) is 77.8 Å². The first kappa shape index (κ1) is 23.9. The average molecular weight is 472 g/mol. The molecule has 5 nitrogen and oxygen atoms in total. The van der Waals surface area contributed by atoms with Crippen LogP contribution in [0.25, 0.3) is 10.2 Å². The fourth-order valence-electron chi connectivity index (χ4n) is 4.81. The summed E-state index contributed by atoms with van der Waals surface area (Å²) in [6.45, 7) is 7.48. The molecule has 0 bridgehead atoms. The van der Waals surface area contributed by atoms with Gasteiger partial charge in [-0.1, -0.05) is 13.8 Å². The lowest BCUT2D eigenvalue weighted by molar-refractivity contribution is 0.217. The molecule has 168 valence electrons. The van der Waals surface area contributed by atoms with Gasteiger partial charge in [-0.25, -0.2) is 18.4 Å². The molecule has 1 aliphatic carbocycles. The van der Waals surface area contributed by atoms with E-state index in [-0.39, 0.29) is 12.4 Å². The largest absolute Gasteiger partial charge is 0.298 e. The molecule has 0 amide bonds. The number of sulfone groups is 1. The van der Waals surface area contributed by atoms with Gasteiger partial charge in [-0.05, 0) is 69.9 Å². The lowest BCUT2D eigenvalue weighted by Gasteiger charge is -2.33. The Kier molecular flexibility index (Phi) is 7.17. The van der Waals surface area contributed by atoms with Crippen LogP contribution < -0.4 is 0 Å². The van der Waals surface area contributed by atoms with Crippen LogP contribution in [0.2, 0.25) is 0 Å². The standard InChI is InChI=1S/C22H33N3O2S2.ClH/c1-15-23-19(14-25(4)17-7-11-29(26,27)12-8-17)18-13-20(28-21(18)24-15)16-5-9-22(2,3)10-6-16;/h13,16-17H,5-12,14H2,1-4H3;1H. The molecule has 1 saturated carbocycles. The van der Waals surface area contributed by atoms with Gasteiger partial charge in [0.25, 0.3) is 0 Å². The number of halogens is 1. The highest BCUT2D eigenvalue weighted by atomic mass is 35.5. The summed E-state index contributed by atoms with van der Waals surface area (Å²) in [6.07, 6.45) is 6.54. The lowest BCUT2D eigenvalue weighted by Crippen LogP contribution is -2.38. The van der Waals surface area contributed by atoms with Crippen LogP contribution in [-0.4, -0.2) is 47.9 Å². The number of hydrogen-bond acceptors (Lipinski definition) is 6. The van der Waals surface area contributed by atoms with Crippen LogP contribution >= 0.6 is 23.7 Å². The van der Waals surface area contributed by atoms with Gasteiger partial charge >= 0.3 is 0 Å². The highest BCUT2D eigenvalue weighted by molar-refractivity contribution is 7.91. The predicted molar refractivity (Wildman–Crippen MR) is 128 cm³/mol. The molecule has 0 spiro atoms. The smallest absolute Gasteiger partial charge is 0.150 e. The molecule has 0 aromatic carbocycles. The van der Waals surface area contributed by atoms with Crippen LogP contribution in [0.4, 0.5) is 0 Å². The quantitative estimate of drug-likeness (QED) is 0.619. The van der Waals surface area contributed by atoms with E-state index in [0.29, 0.717) is 28.9 Å². The van der Waals surface area contributed by atoms with Gasteiger partial charge in [-0.15, -0.1) is 23.7 Å². The third-order valence-corrected chi connectivity index (χ3v) is 9.80. The fourth-order valence-corrected chi connectivity index (χ4v) is 7.54. The minimum absolute atomic E-state index is 0. The maximum absolute atomic E-state index is 11.8. The molecule has 1 saturated heterocycles. The summed E-state index contributed by atoms with van der Waals surface area (Å²) in [7, 11) is -0.732. The minimum atomic E-state index is -2.83. The van der Waals surface area contributed by atoms with Gasteiger partial charge in [0, 0.05) is 22.8 Å². The van der Waals surface area contributed by atoms with E-state index in [2.05, 4.69) is 31.9 Å². The number of rotatable bonds is 4.